The molecule has 6 aliphatic rings. The molecule has 6 fully saturated rings. The summed E-state index contributed by atoms with van der Waals surface area (Å²) in [7, 11) is -36.6. The van der Waals surface area contributed by atoms with Crippen molar-refractivity contribution in [1.29, 1.82) is 0 Å². The van der Waals surface area contributed by atoms with Gasteiger partial charge in [-0.2, -0.15) is 94.1 Å². The second kappa shape index (κ2) is 90.4. The Morgan fingerprint density at radius 2 is 0.207 bits per heavy atom. The summed E-state index contributed by atoms with van der Waals surface area (Å²) in [6.45, 7) is 50.5. The van der Waals surface area contributed by atoms with E-state index in [1.807, 2.05) is 0 Å². The van der Waals surface area contributed by atoms with Gasteiger partial charge < -0.3 is 163 Å². The first-order valence-corrected chi connectivity index (χ1v) is 73.4. The molecule has 0 aromatic carbocycles. The molecule has 0 spiro atoms. The predicted molar refractivity (Wildman–Crippen MR) is 577 cm³/mol. The van der Waals surface area contributed by atoms with E-state index in [4.69, 9.17) is 163 Å². The summed E-state index contributed by atoms with van der Waals surface area (Å²) < 4.78 is 243. The topological polar surface area (TPSA) is 332 Å². The van der Waals surface area contributed by atoms with Crippen LogP contribution in [0.5, 0.6) is 0 Å². The highest BCUT2D eigenvalue weighted by Gasteiger charge is 2.83. The van der Waals surface area contributed by atoms with Crippen LogP contribution in [0.2, 0.25) is 48.4 Å². The number of rotatable bonds is 112. The van der Waals surface area contributed by atoms with E-state index >= 15 is 0 Å². The summed E-state index contributed by atoms with van der Waals surface area (Å²) in [4.78, 5) is 0. The SMILES string of the molecule is C=CCOCCOCCOCCSCC[Si]12O[Si]3(CCSCCOCCOCCOCC=C)O[Si]4(CCSCCOCCOCCOCC=C)O[Si](CCSCCOCCOCCOCC=C)(O1)O[Si]1(CCSCCOCCOCCOCC=C)O[Si](CCSCCOCCOCCOCC=C)(O2)O[Si](CCSCCOCCOCCOCC=C)(O3)O[Si](CCSCCOCCOCCOCC=C)(O4)O1. The molecule has 6 rings (SSSR count). The summed E-state index contributed by atoms with van der Waals surface area (Å²) in [5, 5.41) is 0. The quantitative estimate of drug-likeness (QED) is 0.0310. The molecule has 8 bridgehead atoms. The van der Waals surface area contributed by atoms with Gasteiger partial charge in [-0.3, -0.25) is 0 Å². The maximum Gasteiger partial charge on any atom is 0.479 e. The van der Waals surface area contributed by atoms with Gasteiger partial charge in [0.25, 0.3) is 0 Å². The molecule has 6 saturated heterocycles. The second-order valence-corrected chi connectivity index (χ2v) is 64.8. The van der Waals surface area contributed by atoms with Crippen molar-refractivity contribution in [3.63, 3.8) is 0 Å². The molecule has 0 aliphatic carbocycles. The van der Waals surface area contributed by atoms with Crippen molar-refractivity contribution in [3.8, 4) is 0 Å². The molecule has 6 aliphatic heterocycles. The predicted octanol–water partition coefficient (Wildman–Crippen LogP) is 11.5. The highest BCUT2D eigenvalue weighted by Crippen LogP contribution is 2.55. The van der Waals surface area contributed by atoms with Crippen LogP contribution in [0.4, 0.5) is 0 Å². The van der Waals surface area contributed by atoms with Crippen molar-refractivity contribution >= 4 is 165 Å². The molecule has 140 heavy (non-hydrogen) atoms. The first-order valence-electron chi connectivity index (χ1n) is 48.7. The van der Waals surface area contributed by atoms with Gasteiger partial charge in [-0.25, -0.2) is 0 Å². The van der Waals surface area contributed by atoms with E-state index < -0.39 is 70.4 Å². The van der Waals surface area contributed by atoms with Crippen molar-refractivity contribution in [2.24, 2.45) is 0 Å². The summed E-state index contributed by atoms with van der Waals surface area (Å²) in [5.41, 5.74) is 0. The smallest absolute Gasteiger partial charge is 0.378 e. The van der Waals surface area contributed by atoms with Crippen LogP contribution in [0, 0.1) is 0 Å². The fourth-order valence-corrected chi connectivity index (χ4v) is 74.4. The summed E-state index contributed by atoms with van der Waals surface area (Å²) >= 11 is 13.5. The Labute approximate surface area is 879 Å². The molecule has 0 atom stereocenters. The average Bonchev–Trinajstić information content (AvgIpc) is 0.685. The number of hydrogen-bond acceptors (Lipinski definition) is 44. The lowest BCUT2D eigenvalue weighted by molar-refractivity contribution is -0.0280. The molecule has 36 nitrogen and oxygen atoms in total. The van der Waals surface area contributed by atoms with Gasteiger partial charge in [-0.1, -0.05) is 48.6 Å². The second-order valence-electron chi connectivity index (χ2n) is 30.3. The van der Waals surface area contributed by atoms with E-state index in [9.17, 15) is 0 Å². The van der Waals surface area contributed by atoms with E-state index in [2.05, 4.69) is 52.6 Å². The highest BCUT2D eigenvalue weighted by molar-refractivity contribution is 8.01. The minimum atomic E-state index is -4.57. The minimum Gasteiger partial charge on any atom is -0.378 e. The lowest BCUT2D eigenvalue weighted by Gasteiger charge is -2.63. The summed E-state index contributed by atoms with van der Waals surface area (Å²) in [6, 6.07) is 1.79. The van der Waals surface area contributed by atoms with Crippen molar-refractivity contribution in [3.05, 3.63) is 101 Å². The van der Waals surface area contributed by atoms with Gasteiger partial charge in [-0.05, 0) is 46.0 Å². The molecule has 0 amide bonds. The lowest BCUT2D eigenvalue weighted by atomic mass is 10.7. The molecule has 0 N–H and O–H groups in total. The van der Waals surface area contributed by atoms with Gasteiger partial charge in [0.2, 0.25) is 0 Å². The Morgan fingerprint density at radius 1 is 0.121 bits per heavy atom. The molecule has 816 valence electrons. The molecule has 0 aromatic heterocycles. The maximum atomic E-state index is 8.46. The van der Waals surface area contributed by atoms with Crippen LogP contribution in [-0.2, 0) is 163 Å². The number of ether oxygens (including phenoxy) is 24. The van der Waals surface area contributed by atoms with Crippen LogP contribution in [0.15, 0.2) is 101 Å². The van der Waals surface area contributed by atoms with Gasteiger partial charge in [0.05, 0.1) is 317 Å². The van der Waals surface area contributed by atoms with E-state index in [1.54, 1.807) is 143 Å². The van der Waals surface area contributed by atoms with Crippen molar-refractivity contribution in [2.75, 3.05) is 409 Å². The Balaban J connectivity index is 1.77. The number of hydrogen-bond donors (Lipinski definition) is 0. The van der Waals surface area contributed by atoms with Crippen LogP contribution in [0.3, 0.4) is 0 Å². The van der Waals surface area contributed by atoms with E-state index in [0.29, 0.717) is 409 Å². The zero-order valence-corrected chi connectivity index (χ0v) is 97.7. The van der Waals surface area contributed by atoms with Gasteiger partial charge >= 0.3 is 70.4 Å². The molecule has 0 aromatic rings. The third-order valence-corrected chi connectivity index (χ3v) is 66.2. The number of thioether (sulfide) groups is 8. The Hall–Kier alpha value is 1.02. The summed E-state index contributed by atoms with van der Waals surface area (Å²) in [6.07, 6.45) is 13.7. The molecular formula is C88H168O36S8Si8. The normalized spacial score (nSPS) is 22.5. The Kier molecular flexibility index (Phi) is 84.9. The van der Waals surface area contributed by atoms with Gasteiger partial charge in [-0.15, -0.1) is 52.6 Å². The van der Waals surface area contributed by atoms with Crippen LogP contribution in [-0.4, -0.2) is 480 Å². The standard InChI is InChI=1S/C88H168O36S8Si8/c1-9-17-89-25-33-97-41-49-105-57-65-125-73-81-133-113-134(82-74-126-66-58-106-50-42-98-34-26-90-18-10-2)116-137(85-77-129-69-61-109-53-45-101-37-29-93-21-13-5)118-135(114-133,83-75-127-67-59-107-51-43-99-35-27-91-19-11-3)120-139(87-79-131-71-63-111-55-47-103-39-31-95-23-15-7)121-136(115-133,84-76-128-68-60-108-52-44-100-36-28-92-20-12-4)119-138(117-134,86-78-130-70-62-110-54-46-102-38-30-94-22-14-6)123-140(122-137,124-139)88-80-132-72-64-112-56-48-104-40-32-96-24-16-8/h9-16H,1-8,17-88H2. The molecule has 0 unspecified atom stereocenters. The summed E-state index contributed by atoms with van der Waals surface area (Å²) in [5.74, 6) is 8.59. The molecule has 6 heterocycles. The minimum absolute atomic E-state index is 0.224. The fourth-order valence-electron chi connectivity index (χ4n) is 12.8. The van der Waals surface area contributed by atoms with Crippen LogP contribution in [0.25, 0.3) is 0 Å². The van der Waals surface area contributed by atoms with Crippen LogP contribution >= 0.6 is 94.1 Å². The van der Waals surface area contributed by atoms with Crippen molar-refractivity contribution < 1.29 is 163 Å². The van der Waals surface area contributed by atoms with Crippen LogP contribution in [0.1, 0.15) is 0 Å². The third kappa shape index (κ3) is 65.5. The van der Waals surface area contributed by atoms with E-state index in [1.165, 1.54) is 0 Å². The monoisotopic (exact) mass is 2280 g/mol. The lowest BCUT2D eigenvalue weighted by Crippen LogP contribution is -2.88. The van der Waals surface area contributed by atoms with Crippen molar-refractivity contribution in [2.45, 2.75) is 48.4 Å². The van der Waals surface area contributed by atoms with E-state index in [0.717, 1.165) is 0 Å². The largest absolute Gasteiger partial charge is 0.479 e. The molecule has 0 saturated carbocycles. The maximum absolute atomic E-state index is 8.46. The van der Waals surface area contributed by atoms with E-state index in [-0.39, 0.29) is 48.4 Å². The average molecular weight is 2280 g/mol. The zero-order valence-electron chi connectivity index (χ0n) is 83.2. The molecule has 52 heteroatoms. The first kappa shape index (κ1) is 131. The molecule has 0 radical (unpaired) electrons. The third-order valence-electron chi connectivity index (χ3n) is 19.0. The van der Waals surface area contributed by atoms with Gasteiger partial charge in [0.15, 0.2) is 0 Å². The van der Waals surface area contributed by atoms with Crippen LogP contribution < -0.4 is 0 Å². The van der Waals surface area contributed by atoms with Gasteiger partial charge in [0.1, 0.15) is 0 Å². The van der Waals surface area contributed by atoms with Crippen molar-refractivity contribution in [1.82, 2.24) is 0 Å². The highest BCUT2D eigenvalue weighted by atomic mass is 32.2. The Bertz CT molecular complexity index is 2370. The Morgan fingerprint density at radius 3 is 0.300 bits per heavy atom. The fraction of sp³-hybridized carbons (Fsp3) is 0.818. The zero-order chi connectivity index (χ0) is 99.7. The molecular weight excluding hydrogens is 2110 g/mol. The van der Waals surface area contributed by atoms with Gasteiger partial charge in [0, 0.05) is 94.4 Å². The first-order chi connectivity index (χ1) is 69.0.